The highest BCUT2D eigenvalue weighted by Crippen LogP contribution is 2.14. The highest BCUT2D eigenvalue weighted by Gasteiger charge is 2.06. The van der Waals surface area contributed by atoms with Gasteiger partial charge in [-0.3, -0.25) is 0 Å². The van der Waals surface area contributed by atoms with Gasteiger partial charge < -0.3 is 10.5 Å². The SMILES string of the molecule is N#Cc1nc(OCC(F)F)ccc1N. The summed E-state index contributed by atoms with van der Waals surface area (Å²) < 4.78 is 28.1. The Kier molecular flexibility index (Phi) is 3.18. The number of aromatic nitrogens is 1. The van der Waals surface area contributed by atoms with Crippen molar-refractivity contribution in [2.75, 3.05) is 12.3 Å². The van der Waals surface area contributed by atoms with E-state index < -0.39 is 13.0 Å². The minimum atomic E-state index is -2.57. The van der Waals surface area contributed by atoms with Crippen LogP contribution >= 0.6 is 0 Å². The monoisotopic (exact) mass is 199 g/mol. The molecule has 0 bridgehead atoms. The molecule has 0 amide bonds. The molecule has 1 aromatic rings. The van der Waals surface area contributed by atoms with Crippen LogP contribution < -0.4 is 10.5 Å². The fourth-order valence-corrected chi connectivity index (χ4v) is 0.770. The summed E-state index contributed by atoms with van der Waals surface area (Å²) in [5, 5.41) is 8.52. The van der Waals surface area contributed by atoms with Gasteiger partial charge in [-0.15, -0.1) is 0 Å². The zero-order chi connectivity index (χ0) is 10.6. The standard InChI is InChI=1S/C8H7F2N3O/c9-7(10)4-14-8-2-1-5(12)6(3-11)13-8/h1-2,7H,4,12H2. The number of ether oxygens (including phenoxy) is 1. The third kappa shape index (κ3) is 2.55. The summed E-state index contributed by atoms with van der Waals surface area (Å²) >= 11 is 0. The molecule has 0 unspecified atom stereocenters. The van der Waals surface area contributed by atoms with E-state index in [4.69, 9.17) is 11.0 Å². The Balaban J connectivity index is 2.76. The van der Waals surface area contributed by atoms with E-state index in [0.717, 1.165) is 0 Å². The van der Waals surface area contributed by atoms with Crippen molar-refractivity contribution >= 4 is 5.69 Å². The molecule has 0 spiro atoms. The third-order valence-electron chi connectivity index (χ3n) is 1.36. The smallest absolute Gasteiger partial charge is 0.272 e. The van der Waals surface area contributed by atoms with E-state index in [1.165, 1.54) is 12.1 Å². The lowest BCUT2D eigenvalue weighted by atomic mass is 10.3. The van der Waals surface area contributed by atoms with Gasteiger partial charge in [0.2, 0.25) is 5.88 Å². The van der Waals surface area contributed by atoms with E-state index in [2.05, 4.69) is 9.72 Å². The Labute approximate surface area is 78.9 Å². The normalized spacial score (nSPS) is 9.86. The molecule has 0 aliphatic carbocycles. The van der Waals surface area contributed by atoms with Gasteiger partial charge in [-0.25, -0.2) is 13.8 Å². The average Bonchev–Trinajstić information content (AvgIpc) is 2.16. The molecule has 1 aromatic heterocycles. The molecule has 74 valence electrons. The molecule has 6 heteroatoms. The number of anilines is 1. The van der Waals surface area contributed by atoms with E-state index in [1.54, 1.807) is 6.07 Å². The molecule has 0 aliphatic heterocycles. The van der Waals surface area contributed by atoms with Crippen LogP contribution in [0.25, 0.3) is 0 Å². The summed E-state index contributed by atoms with van der Waals surface area (Å²) in [6.45, 7) is -0.748. The van der Waals surface area contributed by atoms with Crippen LogP contribution in [0.5, 0.6) is 5.88 Å². The first kappa shape index (κ1) is 10.2. The second kappa shape index (κ2) is 4.37. The minimum absolute atomic E-state index is 0.0308. The largest absolute Gasteiger partial charge is 0.472 e. The fraction of sp³-hybridized carbons (Fsp3) is 0.250. The summed E-state index contributed by atoms with van der Waals surface area (Å²) in [5.41, 5.74) is 5.53. The zero-order valence-electron chi connectivity index (χ0n) is 7.08. The molecule has 4 nitrogen and oxygen atoms in total. The molecule has 0 fully saturated rings. The molecular formula is C8H7F2N3O. The van der Waals surface area contributed by atoms with Gasteiger partial charge in [-0.1, -0.05) is 0 Å². The summed E-state index contributed by atoms with van der Waals surface area (Å²) in [6.07, 6.45) is -2.57. The Morgan fingerprint density at radius 1 is 1.57 bits per heavy atom. The number of pyridine rings is 1. The third-order valence-corrected chi connectivity index (χ3v) is 1.36. The summed E-state index contributed by atoms with van der Waals surface area (Å²) in [4.78, 5) is 3.62. The van der Waals surface area contributed by atoms with Crippen molar-refractivity contribution in [3.63, 3.8) is 0 Å². The molecule has 14 heavy (non-hydrogen) atoms. The van der Waals surface area contributed by atoms with E-state index >= 15 is 0 Å². The van der Waals surface area contributed by atoms with Gasteiger partial charge in [-0.2, -0.15) is 5.26 Å². The first-order valence-corrected chi connectivity index (χ1v) is 3.71. The second-order valence-corrected chi connectivity index (χ2v) is 2.40. The lowest BCUT2D eigenvalue weighted by Crippen LogP contribution is -2.08. The molecule has 1 rings (SSSR count). The maximum absolute atomic E-state index is 11.7. The molecular weight excluding hydrogens is 192 g/mol. The van der Waals surface area contributed by atoms with Crippen molar-refractivity contribution in [2.24, 2.45) is 0 Å². The predicted octanol–water partition coefficient (Wildman–Crippen LogP) is 1.18. The Morgan fingerprint density at radius 2 is 2.29 bits per heavy atom. The van der Waals surface area contributed by atoms with Gasteiger partial charge in [-0.05, 0) is 6.07 Å². The topological polar surface area (TPSA) is 71.9 Å². The lowest BCUT2D eigenvalue weighted by molar-refractivity contribution is 0.0796. The van der Waals surface area contributed by atoms with Crippen LogP contribution in [-0.2, 0) is 0 Å². The van der Waals surface area contributed by atoms with Gasteiger partial charge in [0.05, 0.1) is 5.69 Å². The van der Waals surface area contributed by atoms with Crippen molar-refractivity contribution in [2.45, 2.75) is 6.43 Å². The average molecular weight is 199 g/mol. The number of alkyl halides is 2. The van der Waals surface area contributed by atoms with Crippen molar-refractivity contribution in [3.05, 3.63) is 17.8 Å². The van der Waals surface area contributed by atoms with Gasteiger partial charge in [0.25, 0.3) is 6.43 Å². The molecule has 0 saturated heterocycles. The number of halogens is 2. The number of nitrogens with two attached hydrogens (primary N) is 1. The molecule has 0 atom stereocenters. The van der Waals surface area contributed by atoms with Crippen LogP contribution in [0.15, 0.2) is 12.1 Å². The zero-order valence-corrected chi connectivity index (χ0v) is 7.08. The van der Waals surface area contributed by atoms with Crippen LogP contribution in [0.1, 0.15) is 5.69 Å². The Hall–Kier alpha value is -1.90. The van der Waals surface area contributed by atoms with Gasteiger partial charge in [0, 0.05) is 6.07 Å². The number of nitriles is 1. The lowest BCUT2D eigenvalue weighted by Gasteiger charge is -2.04. The van der Waals surface area contributed by atoms with Gasteiger partial charge >= 0.3 is 0 Å². The fourth-order valence-electron chi connectivity index (χ4n) is 0.770. The molecule has 0 radical (unpaired) electrons. The van der Waals surface area contributed by atoms with E-state index in [9.17, 15) is 8.78 Å². The number of rotatable bonds is 3. The van der Waals surface area contributed by atoms with Crippen LogP contribution in [0.3, 0.4) is 0 Å². The highest BCUT2D eigenvalue weighted by molar-refractivity contribution is 5.50. The number of nitrogens with zero attached hydrogens (tertiary/aromatic N) is 2. The number of hydrogen-bond donors (Lipinski definition) is 1. The molecule has 0 aromatic carbocycles. The van der Waals surface area contributed by atoms with Crippen molar-refractivity contribution < 1.29 is 13.5 Å². The van der Waals surface area contributed by atoms with Crippen LogP contribution in [-0.4, -0.2) is 18.0 Å². The molecule has 2 N–H and O–H groups in total. The van der Waals surface area contributed by atoms with Gasteiger partial charge in [0.1, 0.15) is 6.07 Å². The van der Waals surface area contributed by atoms with E-state index in [-0.39, 0.29) is 17.3 Å². The number of nitrogen functional groups attached to an aromatic ring is 1. The Morgan fingerprint density at radius 3 is 2.86 bits per heavy atom. The molecule has 0 saturated carbocycles. The number of hydrogen-bond acceptors (Lipinski definition) is 4. The Bertz CT molecular complexity index is 362. The van der Waals surface area contributed by atoms with Crippen molar-refractivity contribution in [1.29, 1.82) is 5.26 Å². The second-order valence-electron chi connectivity index (χ2n) is 2.40. The summed E-state index contributed by atoms with van der Waals surface area (Å²) in [5.74, 6) is -0.0314. The first-order chi connectivity index (χ1) is 6.63. The molecule has 1 heterocycles. The van der Waals surface area contributed by atoms with Crippen LogP contribution in [0.2, 0.25) is 0 Å². The summed E-state index contributed by atoms with van der Waals surface area (Å²) in [6, 6.07) is 4.43. The van der Waals surface area contributed by atoms with Gasteiger partial charge in [0.15, 0.2) is 12.3 Å². The maximum atomic E-state index is 11.7. The minimum Gasteiger partial charge on any atom is -0.472 e. The first-order valence-electron chi connectivity index (χ1n) is 3.71. The van der Waals surface area contributed by atoms with E-state index in [0.29, 0.717) is 0 Å². The summed E-state index contributed by atoms with van der Waals surface area (Å²) in [7, 11) is 0. The molecule has 0 aliphatic rings. The van der Waals surface area contributed by atoms with Crippen molar-refractivity contribution in [1.82, 2.24) is 4.98 Å². The highest BCUT2D eigenvalue weighted by atomic mass is 19.3. The van der Waals surface area contributed by atoms with E-state index in [1.807, 2.05) is 0 Å². The maximum Gasteiger partial charge on any atom is 0.272 e. The van der Waals surface area contributed by atoms with Crippen LogP contribution in [0.4, 0.5) is 14.5 Å². The predicted molar refractivity (Wildman–Crippen MR) is 44.9 cm³/mol. The van der Waals surface area contributed by atoms with Crippen molar-refractivity contribution in [3.8, 4) is 11.9 Å². The van der Waals surface area contributed by atoms with Crippen LogP contribution in [0, 0.1) is 11.3 Å². The quantitative estimate of drug-likeness (QED) is 0.793.